The first kappa shape index (κ1) is 14.7. The van der Waals surface area contributed by atoms with Crippen LogP contribution in [0, 0.1) is 0 Å². The summed E-state index contributed by atoms with van der Waals surface area (Å²) in [6, 6.07) is 3.22. The van der Waals surface area contributed by atoms with Crippen molar-refractivity contribution in [3.63, 3.8) is 0 Å². The summed E-state index contributed by atoms with van der Waals surface area (Å²) in [6.45, 7) is 2.98. The molecule has 0 radical (unpaired) electrons. The smallest absolute Gasteiger partial charge is 0.233 e. The van der Waals surface area contributed by atoms with E-state index in [1.165, 1.54) is 0 Å². The summed E-state index contributed by atoms with van der Waals surface area (Å²) in [6.07, 6.45) is 0.555. The Morgan fingerprint density at radius 1 is 1.28 bits per heavy atom. The molecule has 2 N–H and O–H groups in total. The van der Waals surface area contributed by atoms with Gasteiger partial charge in [-0.1, -0.05) is 6.92 Å². The molecule has 0 saturated carbocycles. The molecule has 8 heteroatoms. The van der Waals surface area contributed by atoms with E-state index in [1.54, 1.807) is 26.2 Å². The van der Waals surface area contributed by atoms with Crippen molar-refractivity contribution in [1.29, 1.82) is 0 Å². The van der Waals surface area contributed by atoms with Gasteiger partial charge in [0, 0.05) is 13.7 Å². The highest BCUT2D eigenvalue weighted by atomic mass is 32.2. The fourth-order valence-corrected chi connectivity index (χ4v) is 2.31. The van der Waals surface area contributed by atoms with Gasteiger partial charge in [-0.2, -0.15) is 0 Å². The van der Waals surface area contributed by atoms with Crippen LogP contribution in [0.4, 0.5) is 11.6 Å². The second-order valence-corrected chi connectivity index (χ2v) is 5.49. The molecule has 1 rings (SSSR count). The van der Waals surface area contributed by atoms with Crippen LogP contribution >= 0.6 is 0 Å². The van der Waals surface area contributed by atoms with Crippen LogP contribution in [0.25, 0.3) is 0 Å². The van der Waals surface area contributed by atoms with Gasteiger partial charge in [0.15, 0.2) is 5.82 Å². The number of rotatable bonds is 8. The monoisotopic (exact) mass is 274 g/mol. The van der Waals surface area contributed by atoms with E-state index in [2.05, 4.69) is 20.2 Å². The zero-order chi connectivity index (χ0) is 13.4. The first-order chi connectivity index (χ1) is 8.57. The largest absolute Gasteiger partial charge is 0.383 e. The summed E-state index contributed by atoms with van der Waals surface area (Å²) < 4.78 is 30.2. The minimum absolute atomic E-state index is 0.0719. The molecule has 18 heavy (non-hydrogen) atoms. The molecule has 1 aromatic rings. The number of sulfonamides is 1. The molecule has 1 heterocycles. The van der Waals surface area contributed by atoms with E-state index in [0.29, 0.717) is 25.4 Å². The molecule has 0 aliphatic rings. The summed E-state index contributed by atoms with van der Waals surface area (Å²) >= 11 is 0. The molecule has 0 aliphatic carbocycles. The van der Waals surface area contributed by atoms with Crippen LogP contribution < -0.4 is 10.0 Å². The molecule has 0 saturated heterocycles. The predicted molar refractivity (Wildman–Crippen MR) is 70.1 cm³/mol. The van der Waals surface area contributed by atoms with Crippen molar-refractivity contribution in [3.8, 4) is 0 Å². The summed E-state index contributed by atoms with van der Waals surface area (Å²) in [5.74, 6) is 0.869. The first-order valence-electron chi connectivity index (χ1n) is 5.64. The van der Waals surface area contributed by atoms with E-state index >= 15 is 0 Å². The number of anilines is 2. The zero-order valence-electron chi connectivity index (χ0n) is 10.5. The van der Waals surface area contributed by atoms with Crippen LogP contribution in [0.5, 0.6) is 0 Å². The summed E-state index contributed by atoms with van der Waals surface area (Å²) in [4.78, 5) is 0. The van der Waals surface area contributed by atoms with Crippen molar-refractivity contribution in [2.45, 2.75) is 13.3 Å². The second kappa shape index (κ2) is 7.12. The highest BCUT2D eigenvalue weighted by Gasteiger charge is 2.09. The summed E-state index contributed by atoms with van der Waals surface area (Å²) in [5, 5.41) is 10.6. The zero-order valence-corrected chi connectivity index (χ0v) is 11.3. The SMILES string of the molecule is CCCS(=O)(=O)Nc1ccc(NCCOC)nn1. The first-order valence-corrected chi connectivity index (χ1v) is 7.29. The average Bonchev–Trinajstić information content (AvgIpc) is 2.31. The van der Waals surface area contributed by atoms with Crippen LogP contribution in [0.15, 0.2) is 12.1 Å². The third-order valence-corrected chi connectivity index (χ3v) is 3.48. The topological polar surface area (TPSA) is 93.2 Å². The van der Waals surface area contributed by atoms with Gasteiger partial charge in [-0.25, -0.2) is 8.42 Å². The van der Waals surface area contributed by atoms with Crippen molar-refractivity contribution < 1.29 is 13.2 Å². The maximum absolute atomic E-state index is 11.5. The lowest BCUT2D eigenvalue weighted by Gasteiger charge is -2.07. The van der Waals surface area contributed by atoms with Gasteiger partial charge in [0.05, 0.1) is 12.4 Å². The maximum Gasteiger partial charge on any atom is 0.233 e. The molecule has 102 valence electrons. The van der Waals surface area contributed by atoms with Crippen LogP contribution in [0.2, 0.25) is 0 Å². The van der Waals surface area contributed by atoms with Crippen molar-refractivity contribution in [3.05, 3.63) is 12.1 Å². The quantitative estimate of drug-likeness (QED) is 0.677. The number of hydrogen-bond donors (Lipinski definition) is 2. The Morgan fingerprint density at radius 3 is 2.50 bits per heavy atom. The Hall–Kier alpha value is -1.41. The molecular formula is C10H18N4O3S. The van der Waals surface area contributed by atoms with Crippen molar-refractivity contribution in [2.24, 2.45) is 0 Å². The summed E-state index contributed by atoms with van der Waals surface area (Å²) in [7, 11) is -1.70. The minimum Gasteiger partial charge on any atom is -0.383 e. The number of nitrogens with zero attached hydrogens (tertiary/aromatic N) is 2. The van der Waals surface area contributed by atoms with Gasteiger partial charge in [-0.15, -0.1) is 10.2 Å². The molecule has 1 aromatic heterocycles. The lowest BCUT2D eigenvalue weighted by molar-refractivity contribution is 0.210. The number of ether oxygens (including phenoxy) is 1. The molecule has 0 aromatic carbocycles. The van der Waals surface area contributed by atoms with Crippen LogP contribution in [-0.4, -0.2) is 44.6 Å². The van der Waals surface area contributed by atoms with E-state index in [-0.39, 0.29) is 11.6 Å². The van der Waals surface area contributed by atoms with Crippen molar-refractivity contribution >= 4 is 21.7 Å². The Labute approximate surface area is 107 Å². The Kier molecular flexibility index (Phi) is 5.79. The van der Waals surface area contributed by atoms with Gasteiger partial charge >= 0.3 is 0 Å². The molecule has 0 aliphatic heterocycles. The molecule has 0 fully saturated rings. The Bertz CT molecular complexity index is 447. The summed E-state index contributed by atoms with van der Waals surface area (Å²) in [5.41, 5.74) is 0. The lowest BCUT2D eigenvalue weighted by atomic mass is 10.5. The van der Waals surface area contributed by atoms with Gasteiger partial charge in [0.25, 0.3) is 0 Å². The third kappa shape index (κ3) is 5.28. The van der Waals surface area contributed by atoms with E-state index in [4.69, 9.17) is 4.74 Å². The number of nitrogens with one attached hydrogen (secondary N) is 2. The van der Waals surface area contributed by atoms with E-state index in [0.717, 1.165) is 0 Å². The maximum atomic E-state index is 11.5. The number of hydrogen-bond acceptors (Lipinski definition) is 6. The molecular weight excluding hydrogens is 256 g/mol. The fourth-order valence-electron chi connectivity index (χ4n) is 1.24. The second-order valence-electron chi connectivity index (χ2n) is 3.64. The van der Waals surface area contributed by atoms with Crippen LogP contribution in [0.3, 0.4) is 0 Å². The van der Waals surface area contributed by atoms with Gasteiger partial charge in [-0.3, -0.25) is 4.72 Å². The van der Waals surface area contributed by atoms with E-state index in [9.17, 15) is 8.42 Å². The minimum atomic E-state index is -3.31. The molecule has 0 amide bonds. The normalized spacial score (nSPS) is 11.2. The standard InChI is InChI=1S/C10H18N4O3S/c1-3-8-18(15,16)14-10-5-4-9(12-13-10)11-6-7-17-2/h4-5H,3,6-8H2,1-2H3,(H,11,12)(H,13,14). The molecule has 0 spiro atoms. The predicted octanol–water partition coefficient (Wildman–Crippen LogP) is 0.687. The average molecular weight is 274 g/mol. The van der Waals surface area contributed by atoms with Gasteiger partial charge in [-0.05, 0) is 18.6 Å². The Balaban J connectivity index is 2.55. The van der Waals surface area contributed by atoms with Gasteiger partial charge in [0.2, 0.25) is 10.0 Å². The van der Waals surface area contributed by atoms with Gasteiger partial charge < -0.3 is 10.1 Å². The van der Waals surface area contributed by atoms with Crippen LogP contribution in [-0.2, 0) is 14.8 Å². The number of methoxy groups -OCH3 is 1. The third-order valence-electron chi connectivity index (χ3n) is 2.01. The highest BCUT2D eigenvalue weighted by molar-refractivity contribution is 7.92. The Morgan fingerprint density at radius 2 is 1.94 bits per heavy atom. The van der Waals surface area contributed by atoms with Crippen LogP contribution in [0.1, 0.15) is 13.3 Å². The van der Waals surface area contributed by atoms with Gasteiger partial charge in [0.1, 0.15) is 5.82 Å². The van der Waals surface area contributed by atoms with Crippen molar-refractivity contribution in [1.82, 2.24) is 10.2 Å². The molecule has 0 unspecified atom stereocenters. The highest BCUT2D eigenvalue weighted by Crippen LogP contribution is 2.08. The molecule has 7 nitrogen and oxygen atoms in total. The van der Waals surface area contributed by atoms with E-state index < -0.39 is 10.0 Å². The molecule has 0 atom stereocenters. The molecule has 0 bridgehead atoms. The van der Waals surface area contributed by atoms with Crippen molar-refractivity contribution in [2.75, 3.05) is 36.1 Å². The lowest BCUT2D eigenvalue weighted by Crippen LogP contribution is -2.17. The fraction of sp³-hybridized carbons (Fsp3) is 0.600. The van der Waals surface area contributed by atoms with E-state index in [1.807, 2.05) is 0 Å². The number of aromatic nitrogens is 2.